The van der Waals surface area contributed by atoms with E-state index in [2.05, 4.69) is 18.1 Å². The van der Waals surface area contributed by atoms with Crippen molar-refractivity contribution < 1.29 is 0 Å². The average Bonchev–Trinajstić information content (AvgIpc) is 1.69. The SMILES string of the molecule is CC(C)N([SiH2][SiH3])[SiH2][SiH3]. The van der Waals surface area contributed by atoms with Crippen molar-refractivity contribution in [2.45, 2.75) is 19.9 Å². The van der Waals surface area contributed by atoms with Gasteiger partial charge in [-0.05, 0) is 6.04 Å². The van der Waals surface area contributed by atoms with Gasteiger partial charge in [-0.1, -0.05) is 13.8 Å². The van der Waals surface area contributed by atoms with Crippen LogP contribution < -0.4 is 0 Å². The molecule has 0 aromatic heterocycles. The summed E-state index contributed by atoms with van der Waals surface area (Å²) in [5.74, 6) is 0. The van der Waals surface area contributed by atoms with E-state index in [0.29, 0.717) is 18.4 Å². The first-order chi connectivity index (χ1) is 3.72. The fraction of sp³-hybridized carbons (Fsp3) is 1.00. The highest BCUT2D eigenvalue weighted by molar-refractivity contribution is 6.98. The minimum atomic E-state index is 0.349. The van der Waals surface area contributed by atoms with E-state index in [1.165, 1.54) is 19.5 Å². The van der Waals surface area contributed by atoms with Gasteiger partial charge in [-0.25, -0.2) is 0 Å². The molecule has 0 heterocycles. The van der Waals surface area contributed by atoms with E-state index in [1.807, 2.05) is 0 Å². The standard InChI is InChI=1S/C3H17NSi4/c1-3(2)4(7-5)8-6/h3H,7-8H2,1-2,5-6H3. The fourth-order valence-corrected chi connectivity index (χ4v) is 24.7. The van der Waals surface area contributed by atoms with Gasteiger partial charge < -0.3 is 4.23 Å². The molecule has 0 aliphatic rings. The molecule has 8 heavy (non-hydrogen) atoms. The lowest BCUT2D eigenvalue weighted by molar-refractivity contribution is 0.562. The van der Waals surface area contributed by atoms with Gasteiger partial charge in [-0.15, -0.1) is 0 Å². The molecule has 0 radical (unpaired) electrons. The zero-order valence-electron chi connectivity index (χ0n) is 6.44. The van der Waals surface area contributed by atoms with Gasteiger partial charge in [0.05, 0.1) is 18.4 Å². The molecule has 1 nitrogen and oxygen atoms in total. The van der Waals surface area contributed by atoms with Gasteiger partial charge in [0.1, 0.15) is 0 Å². The molecule has 0 atom stereocenters. The van der Waals surface area contributed by atoms with Crippen molar-refractivity contribution in [1.29, 1.82) is 0 Å². The normalized spacial score (nSPS) is 15.0. The Balaban J connectivity index is 3.35. The van der Waals surface area contributed by atoms with Crippen molar-refractivity contribution in [3.63, 3.8) is 0 Å². The maximum absolute atomic E-state index is 2.82. The van der Waals surface area contributed by atoms with Crippen molar-refractivity contribution in [2.24, 2.45) is 0 Å². The summed E-state index contributed by atoms with van der Waals surface area (Å²) in [6.45, 7) is 4.69. The van der Waals surface area contributed by atoms with Crippen molar-refractivity contribution in [1.82, 2.24) is 4.23 Å². The first-order valence-corrected chi connectivity index (χ1v) is 16.0. The molecule has 0 fully saturated rings. The van der Waals surface area contributed by atoms with E-state index in [0.717, 1.165) is 6.04 Å². The number of hydrogen-bond donors (Lipinski definition) is 0. The van der Waals surface area contributed by atoms with Crippen LogP contribution in [0.4, 0.5) is 0 Å². The average molecular weight is 180 g/mol. The van der Waals surface area contributed by atoms with Crippen LogP contribution in [0.1, 0.15) is 13.8 Å². The molecular formula is C3H17NSi4. The van der Waals surface area contributed by atoms with Crippen LogP contribution in [-0.2, 0) is 0 Å². The van der Waals surface area contributed by atoms with Gasteiger partial charge in [0.2, 0.25) is 0 Å². The van der Waals surface area contributed by atoms with Crippen LogP contribution in [0.2, 0.25) is 0 Å². The lowest BCUT2D eigenvalue weighted by Crippen LogP contribution is -2.38. The summed E-state index contributed by atoms with van der Waals surface area (Å²) in [7, 11) is 3.70. The maximum Gasteiger partial charge on any atom is 0.0673 e. The van der Waals surface area contributed by atoms with E-state index in [-0.39, 0.29) is 0 Å². The molecule has 0 bridgehead atoms. The fourth-order valence-electron chi connectivity index (χ4n) is 0.954. The molecule has 0 aromatic rings. The summed E-state index contributed by atoms with van der Waals surface area (Å²) in [6, 6.07) is 0.906. The highest BCUT2D eigenvalue weighted by Crippen LogP contribution is 1.88. The predicted molar refractivity (Wildman–Crippen MR) is 53.9 cm³/mol. The second-order valence-corrected chi connectivity index (χ2v) is 9.89. The summed E-state index contributed by atoms with van der Waals surface area (Å²) in [5, 5.41) is 0. The number of rotatable bonds is 3. The van der Waals surface area contributed by atoms with Gasteiger partial charge in [0, 0.05) is 19.5 Å². The van der Waals surface area contributed by atoms with E-state index in [1.54, 1.807) is 0 Å². The summed E-state index contributed by atoms with van der Waals surface area (Å²) < 4.78 is 2.82. The predicted octanol–water partition coefficient (Wildman–Crippen LogP) is -3.57. The van der Waals surface area contributed by atoms with Gasteiger partial charge in [-0.2, -0.15) is 0 Å². The molecule has 0 saturated heterocycles. The number of nitrogens with zero attached hydrogens (tertiary/aromatic N) is 1. The number of hydrogen-bond acceptors (Lipinski definition) is 1. The van der Waals surface area contributed by atoms with E-state index in [9.17, 15) is 0 Å². The van der Waals surface area contributed by atoms with Gasteiger partial charge in [-0.3, -0.25) is 0 Å². The third kappa shape index (κ3) is 2.98. The molecule has 50 valence electrons. The van der Waals surface area contributed by atoms with E-state index < -0.39 is 0 Å². The van der Waals surface area contributed by atoms with Gasteiger partial charge in [0.25, 0.3) is 0 Å². The zero-order valence-corrected chi connectivity index (χ0v) is 13.3. The zero-order chi connectivity index (χ0) is 6.57. The molecule has 0 rings (SSSR count). The first kappa shape index (κ1) is 8.83. The summed E-state index contributed by atoms with van der Waals surface area (Å²) in [6.07, 6.45) is 0. The Morgan fingerprint density at radius 2 is 1.62 bits per heavy atom. The molecule has 0 unspecified atom stereocenters. The molecule has 0 aromatic carbocycles. The summed E-state index contributed by atoms with van der Waals surface area (Å²) >= 11 is 0. The third-order valence-corrected chi connectivity index (χ3v) is 17.6. The Bertz CT molecular complexity index is 53.2. The Hall–Kier alpha value is 0.828. The molecule has 0 N–H and O–H groups in total. The van der Waals surface area contributed by atoms with Crippen LogP contribution in [-0.4, -0.2) is 48.2 Å². The van der Waals surface area contributed by atoms with Crippen LogP contribution in [0.5, 0.6) is 0 Å². The minimum absolute atomic E-state index is 0.349. The lowest BCUT2D eigenvalue weighted by Gasteiger charge is -2.22. The second-order valence-electron chi connectivity index (χ2n) is 2.31. The monoisotopic (exact) mass is 179 g/mol. The quantitative estimate of drug-likeness (QED) is 0.405. The van der Waals surface area contributed by atoms with Crippen LogP contribution >= 0.6 is 0 Å². The van der Waals surface area contributed by atoms with Gasteiger partial charge in [0.15, 0.2) is 0 Å². The summed E-state index contributed by atoms with van der Waals surface area (Å²) in [4.78, 5) is 0. The van der Waals surface area contributed by atoms with Crippen LogP contribution in [0.15, 0.2) is 0 Å². The lowest BCUT2D eigenvalue weighted by atomic mass is 10.4. The second kappa shape index (κ2) is 4.68. The van der Waals surface area contributed by atoms with Crippen LogP contribution in [0.3, 0.4) is 0 Å². The van der Waals surface area contributed by atoms with Gasteiger partial charge >= 0.3 is 0 Å². The highest BCUT2D eigenvalue weighted by atomic mass is 29.2. The molecule has 0 spiro atoms. The van der Waals surface area contributed by atoms with Crippen molar-refractivity contribution in [3.8, 4) is 0 Å². The topological polar surface area (TPSA) is 3.24 Å². The van der Waals surface area contributed by atoms with E-state index in [4.69, 9.17) is 0 Å². The summed E-state index contributed by atoms with van der Waals surface area (Å²) in [5.41, 5.74) is 0. The largest absolute Gasteiger partial charge is 0.358 e. The van der Waals surface area contributed by atoms with Crippen LogP contribution in [0.25, 0.3) is 0 Å². The smallest absolute Gasteiger partial charge is 0.0673 e. The molecule has 0 amide bonds. The maximum atomic E-state index is 2.82. The Kier molecular flexibility index (Phi) is 5.17. The molecule has 5 heteroatoms. The molecular weight excluding hydrogens is 162 g/mol. The minimum Gasteiger partial charge on any atom is -0.358 e. The molecule has 0 aliphatic carbocycles. The third-order valence-electron chi connectivity index (χ3n) is 1.54. The Morgan fingerprint density at radius 1 is 1.25 bits per heavy atom. The Labute approximate surface area is 62.5 Å². The first-order valence-electron chi connectivity index (χ1n) is 3.46. The molecule has 0 aliphatic heterocycles. The van der Waals surface area contributed by atoms with Crippen molar-refractivity contribution in [3.05, 3.63) is 0 Å². The molecule has 0 saturated carbocycles. The highest BCUT2D eigenvalue weighted by Gasteiger charge is 2.01. The Morgan fingerprint density at radius 3 is 1.62 bits per heavy atom. The van der Waals surface area contributed by atoms with Crippen molar-refractivity contribution >= 4 is 37.9 Å². The van der Waals surface area contributed by atoms with Crippen LogP contribution in [0, 0.1) is 0 Å². The van der Waals surface area contributed by atoms with Crippen molar-refractivity contribution in [2.75, 3.05) is 0 Å². The van der Waals surface area contributed by atoms with E-state index >= 15 is 0 Å².